The molecule has 134 valence electrons. The molecule has 0 aromatic heterocycles. The first-order valence-electron chi connectivity index (χ1n) is 8.22. The number of carbonyl (C=O) groups excluding carboxylic acids is 1. The number of hydrogen-bond donors (Lipinski definition) is 2. The zero-order valence-corrected chi connectivity index (χ0v) is 15.0. The highest BCUT2D eigenvalue weighted by Crippen LogP contribution is 2.50. The molecule has 3 atom stereocenters. The molecule has 6 heteroatoms. The second kappa shape index (κ2) is 6.69. The molecule has 1 saturated carbocycles. The van der Waals surface area contributed by atoms with Crippen LogP contribution in [0.3, 0.4) is 0 Å². The van der Waals surface area contributed by atoms with E-state index in [1.54, 1.807) is 19.1 Å². The van der Waals surface area contributed by atoms with Crippen molar-refractivity contribution < 1.29 is 18.7 Å². The van der Waals surface area contributed by atoms with Crippen molar-refractivity contribution in [3.63, 3.8) is 0 Å². The molecule has 24 heavy (non-hydrogen) atoms. The fraction of sp³-hybridized carbons (Fsp3) is 0.611. The number of amides is 1. The Hall–Kier alpha value is -1.66. The van der Waals surface area contributed by atoms with Gasteiger partial charge in [0.1, 0.15) is 17.1 Å². The Labute approximate surface area is 142 Å². The highest BCUT2D eigenvalue weighted by atomic mass is 19.1. The van der Waals surface area contributed by atoms with Gasteiger partial charge < -0.3 is 20.5 Å². The molecule has 1 aliphatic rings. The zero-order chi connectivity index (χ0) is 18.1. The summed E-state index contributed by atoms with van der Waals surface area (Å²) in [5.74, 6) is -0.330. The molecule has 3 unspecified atom stereocenters. The minimum atomic E-state index is -1.04. The molecule has 0 aliphatic heterocycles. The lowest BCUT2D eigenvalue weighted by molar-refractivity contribution is -0.171. The smallest absolute Gasteiger partial charge is 0.241 e. The van der Waals surface area contributed by atoms with Crippen LogP contribution < -0.4 is 15.8 Å². The first-order valence-corrected chi connectivity index (χ1v) is 8.22. The van der Waals surface area contributed by atoms with Crippen LogP contribution in [0.5, 0.6) is 5.75 Å². The summed E-state index contributed by atoms with van der Waals surface area (Å²) < 4.78 is 25.0. The summed E-state index contributed by atoms with van der Waals surface area (Å²) in [6.07, 6.45) is 0.386. The lowest BCUT2D eigenvalue weighted by Crippen LogP contribution is -2.75. The molecule has 0 heterocycles. The van der Waals surface area contributed by atoms with Gasteiger partial charge in [0.15, 0.2) is 0 Å². The standard InChI is InChI=1S/C18H27FN2O3/c1-6-24-14-10-18(20,17(14,3)4)16(22)21-11(2)15-12(19)8-7-9-13(15)23-5/h7-9,11,14H,6,10,20H2,1-5H3,(H,21,22). The van der Waals surface area contributed by atoms with E-state index in [-0.39, 0.29) is 12.0 Å². The highest BCUT2D eigenvalue weighted by molar-refractivity contribution is 5.89. The molecule has 3 N–H and O–H groups in total. The Balaban J connectivity index is 2.16. The van der Waals surface area contributed by atoms with Crippen molar-refractivity contribution in [2.24, 2.45) is 11.1 Å². The number of halogens is 1. The number of hydrogen-bond acceptors (Lipinski definition) is 4. The topological polar surface area (TPSA) is 73.6 Å². The van der Waals surface area contributed by atoms with E-state index in [4.69, 9.17) is 15.2 Å². The average molecular weight is 338 g/mol. The molecule has 1 fully saturated rings. The summed E-state index contributed by atoms with van der Waals surface area (Å²) in [6.45, 7) is 8.05. The van der Waals surface area contributed by atoms with Crippen LogP contribution in [0.4, 0.5) is 4.39 Å². The van der Waals surface area contributed by atoms with E-state index in [2.05, 4.69) is 5.32 Å². The van der Waals surface area contributed by atoms with Crippen LogP contribution in [0.25, 0.3) is 0 Å². The quantitative estimate of drug-likeness (QED) is 0.836. The average Bonchev–Trinajstić information content (AvgIpc) is 2.53. The largest absolute Gasteiger partial charge is 0.496 e. The number of ether oxygens (including phenoxy) is 2. The SMILES string of the molecule is CCOC1CC(N)(C(=O)NC(C)c2c(F)cccc2OC)C1(C)C. The summed E-state index contributed by atoms with van der Waals surface area (Å²) in [5, 5.41) is 2.83. The van der Waals surface area contributed by atoms with Crippen molar-refractivity contribution >= 4 is 5.91 Å². The first kappa shape index (κ1) is 18.7. The van der Waals surface area contributed by atoms with Crippen molar-refractivity contribution in [1.29, 1.82) is 0 Å². The molecular formula is C18H27FN2O3. The second-order valence-electron chi connectivity index (χ2n) is 6.89. The highest BCUT2D eigenvalue weighted by Gasteiger charge is 2.63. The van der Waals surface area contributed by atoms with Gasteiger partial charge in [0.2, 0.25) is 5.91 Å². The molecule has 1 aromatic carbocycles. The van der Waals surface area contributed by atoms with Gasteiger partial charge in [-0.05, 0) is 26.0 Å². The fourth-order valence-electron chi connectivity index (χ4n) is 3.33. The van der Waals surface area contributed by atoms with Crippen LogP contribution in [0.1, 0.15) is 45.7 Å². The first-order chi connectivity index (χ1) is 11.2. The van der Waals surface area contributed by atoms with Crippen LogP contribution in [-0.4, -0.2) is 31.3 Å². The third-order valence-electron chi connectivity index (χ3n) is 5.25. The van der Waals surface area contributed by atoms with Gasteiger partial charge in [-0.25, -0.2) is 4.39 Å². The van der Waals surface area contributed by atoms with Crippen LogP contribution in [0, 0.1) is 11.2 Å². The molecule has 0 radical (unpaired) electrons. The molecule has 1 amide bonds. The summed E-state index contributed by atoms with van der Waals surface area (Å²) >= 11 is 0. The van der Waals surface area contributed by atoms with Crippen molar-refractivity contribution in [3.05, 3.63) is 29.6 Å². The van der Waals surface area contributed by atoms with E-state index in [1.165, 1.54) is 13.2 Å². The molecule has 5 nitrogen and oxygen atoms in total. The van der Waals surface area contributed by atoms with Gasteiger partial charge in [-0.2, -0.15) is 0 Å². The zero-order valence-electron chi connectivity index (χ0n) is 15.0. The Morgan fingerprint density at radius 2 is 2.17 bits per heavy atom. The number of nitrogens with one attached hydrogen (secondary N) is 1. The van der Waals surface area contributed by atoms with E-state index in [0.29, 0.717) is 24.3 Å². The Kier molecular flexibility index (Phi) is 5.20. The summed E-state index contributed by atoms with van der Waals surface area (Å²) in [5.41, 5.74) is 5.14. The van der Waals surface area contributed by atoms with Gasteiger partial charge in [0.05, 0.1) is 24.8 Å². The molecule has 1 aliphatic carbocycles. The second-order valence-corrected chi connectivity index (χ2v) is 6.89. The van der Waals surface area contributed by atoms with Gasteiger partial charge >= 0.3 is 0 Å². The van der Waals surface area contributed by atoms with Gasteiger partial charge in [0.25, 0.3) is 0 Å². The Bertz CT molecular complexity index is 620. The van der Waals surface area contributed by atoms with E-state index < -0.39 is 22.8 Å². The monoisotopic (exact) mass is 338 g/mol. The number of carbonyl (C=O) groups is 1. The van der Waals surface area contributed by atoms with Crippen molar-refractivity contribution in [3.8, 4) is 5.75 Å². The van der Waals surface area contributed by atoms with Gasteiger partial charge in [-0.15, -0.1) is 0 Å². The van der Waals surface area contributed by atoms with Crippen LogP contribution in [0.2, 0.25) is 0 Å². The summed E-state index contributed by atoms with van der Waals surface area (Å²) in [4.78, 5) is 12.8. The maximum absolute atomic E-state index is 14.2. The Morgan fingerprint density at radius 3 is 2.71 bits per heavy atom. The predicted octanol–water partition coefficient (Wildman–Crippen LogP) is 2.54. The third-order valence-corrected chi connectivity index (χ3v) is 5.25. The lowest BCUT2D eigenvalue weighted by atomic mass is 9.54. The van der Waals surface area contributed by atoms with Crippen molar-refractivity contribution in [2.45, 2.75) is 51.8 Å². The molecule has 0 spiro atoms. The van der Waals surface area contributed by atoms with Crippen LogP contribution >= 0.6 is 0 Å². The lowest BCUT2D eigenvalue weighted by Gasteiger charge is -2.57. The van der Waals surface area contributed by atoms with Gasteiger partial charge in [-0.3, -0.25) is 4.79 Å². The van der Waals surface area contributed by atoms with Crippen LogP contribution in [0.15, 0.2) is 18.2 Å². The fourth-order valence-corrected chi connectivity index (χ4v) is 3.33. The van der Waals surface area contributed by atoms with E-state index in [1.807, 2.05) is 20.8 Å². The van der Waals surface area contributed by atoms with Gasteiger partial charge in [0, 0.05) is 18.4 Å². The predicted molar refractivity (Wildman–Crippen MR) is 90.2 cm³/mol. The molecule has 0 saturated heterocycles. The van der Waals surface area contributed by atoms with E-state index >= 15 is 0 Å². The Morgan fingerprint density at radius 1 is 1.50 bits per heavy atom. The molecule has 2 rings (SSSR count). The van der Waals surface area contributed by atoms with Crippen molar-refractivity contribution in [2.75, 3.05) is 13.7 Å². The van der Waals surface area contributed by atoms with Gasteiger partial charge in [-0.1, -0.05) is 19.9 Å². The maximum Gasteiger partial charge on any atom is 0.241 e. The summed E-state index contributed by atoms with van der Waals surface area (Å²) in [6, 6.07) is 4.02. The third kappa shape index (κ3) is 2.89. The number of rotatable bonds is 6. The molecule has 0 bridgehead atoms. The number of nitrogens with two attached hydrogens (primary N) is 1. The number of benzene rings is 1. The normalized spacial score (nSPS) is 26.4. The number of methoxy groups -OCH3 is 1. The molecule has 1 aromatic rings. The molecular weight excluding hydrogens is 311 g/mol. The van der Waals surface area contributed by atoms with E-state index in [9.17, 15) is 9.18 Å². The van der Waals surface area contributed by atoms with Crippen molar-refractivity contribution in [1.82, 2.24) is 5.32 Å². The minimum Gasteiger partial charge on any atom is -0.496 e. The maximum atomic E-state index is 14.2. The van der Waals surface area contributed by atoms with Crippen LogP contribution in [-0.2, 0) is 9.53 Å². The summed E-state index contributed by atoms with van der Waals surface area (Å²) in [7, 11) is 1.47. The minimum absolute atomic E-state index is 0.0587. The van der Waals surface area contributed by atoms with E-state index in [0.717, 1.165) is 0 Å².